The van der Waals surface area contributed by atoms with Crippen LogP contribution in [0.5, 0.6) is 0 Å². The first-order valence-corrected chi connectivity index (χ1v) is 10.6. The Morgan fingerprint density at radius 2 is 2.00 bits per heavy atom. The molecule has 9 heteroatoms. The fraction of sp³-hybridized carbons (Fsp3) is 0.350. The van der Waals surface area contributed by atoms with Crippen molar-refractivity contribution in [1.29, 1.82) is 5.26 Å². The molecule has 2 fully saturated rings. The minimum absolute atomic E-state index is 0.195. The maximum absolute atomic E-state index is 12.6. The number of anilines is 1. The highest BCUT2D eigenvalue weighted by Crippen LogP contribution is 2.46. The summed E-state index contributed by atoms with van der Waals surface area (Å²) in [4.78, 5) is 12.6. The smallest absolute Gasteiger partial charge is 0.236 e. The minimum Gasteiger partial charge on any atom is -0.309 e. The van der Waals surface area contributed by atoms with Gasteiger partial charge in [-0.3, -0.25) is 4.79 Å². The Hall–Kier alpha value is -3.12. The highest BCUT2D eigenvalue weighted by Gasteiger charge is 2.36. The van der Waals surface area contributed by atoms with Gasteiger partial charge in [-0.25, -0.2) is 4.68 Å². The fourth-order valence-electron chi connectivity index (χ4n) is 3.30. The molecule has 3 aromatic rings. The third kappa shape index (κ3) is 3.63. The van der Waals surface area contributed by atoms with Crippen LogP contribution in [0.1, 0.15) is 49.0 Å². The second kappa shape index (κ2) is 7.37. The molecule has 2 saturated carbocycles. The summed E-state index contributed by atoms with van der Waals surface area (Å²) < 4.78 is 3.80. The third-order valence-electron chi connectivity index (χ3n) is 5.03. The van der Waals surface area contributed by atoms with E-state index in [1.165, 1.54) is 30.8 Å². The SMILES string of the molecule is N#Cc1cnn(-c2ccccc2)c1NC(=O)CSc1nnc(C2CC2)n1C1CC1. The lowest BCUT2D eigenvalue weighted by molar-refractivity contribution is -0.113. The third-order valence-corrected chi connectivity index (χ3v) is 5.97. The van der Waals surface area contributed by atoms with Crippen molar-refractivity contribution in [3.05, 3.63) is 47.9 Å². The van der Waals surface area contributed by atoms with Gasteiger partial charge in [0.1, 0.15) is 17.5 Å². The summed E-state index contributed by atoms with van der Waals surface area (Å²) in [5.74, 6) is 1.98. The predicted molar refractivity (Wildman–Crippen MR) is 108 cm³/mol. The van der Waals surface area contributed by atoms with Gasteiger partial charge in [-0.2, -0.15) is 10.4 Å². The molecule has 0 atom stereocenters. The number of nitrogens with zero attached hydrogens (tertiary/aromatic N) is 6. The van der Waals surface area contributed by atoms with Gasteiger partial charge in [0.05, 0.1) is 17.6 Å². The monoisotopic (exact) mass is 405 g/mol. The molecule has 0 aliphatic heterocycles. The number of rotatable bonds is 7. The molecule has 29 heavy (non-hydrogen) atoms. The van der Waals surface area contributed by atoms with Crippen molar-refractivity contribution in [3.8, 4) is 11.8 Å². The van der Waals surface area contributed by atoms with Crippen LogP contribution in [-0.2, 0) is 4.79 Å². The zero-order chi connectivity index (χ0) is 19.8. The fourth-order valence-corrected chi connectivity index (χ4v) is 4.11. The lowest BCUT2D eigenvalue weighted by atomic mass is 10.3. The Kier molecular flexibility index (Phi) is 4.56. The summed E-state index contributed by atoms with van der Waals surface area (Å²) >= 11 is 1.39. The summed E-state index contributed by atoms with van der Waals surface area (Å²) in [6.45, 7) is 0. The minimum atomic E-state index is -0.206. The van der Waals surface area contributed by atoms with Crippen molar-refractivity contribution < 1.29 is 4.79 Å². The van der Waals surface area contributed by atoms with Gasteiger partial charge in [0.25, 0.3) is 0 Å². The molecule has 146 valence electrons. The topological polar surface area (TPSA) is 101 Å². The number of amides is 1. The van der Waals surface area contributed by atoms with E-state index in [1.54, 1.807) is 4.68 Å². The maximum Gasteiger partial charge on any atom is 0.236 e. The predicted octanol–water partition coefficient (Wildman–Crippen LogP) is 3.28. The van der Waals surface area contributed by atoms with E-state index in [9.17, 15) is 10.1 Å². The quantitative estimate of drug-likeness (QED) is 0.605. The van der Waals surface area contributed by atoms with Gasteiger partial charge in [0, 0.05) is 12.0 Å². The van der Waals surface area contributed by atoms with Gasteiger partial charge < -0.3 is 9.88 Å². The number of hydrogen-bond acceptors (Lipinski definition) is 6. The summed E-state index contributed by atoms with van der Waals surface area (Å²) in [5.41, 5.74) is 1.10. The van der Waals surface area contributed by atoms with Crippen LogP contribution >= 0.6 is 11.8 Å². The van der Waals surface area contributed by atoms with Crippen LogP contribution in [0.2, 0.25) is 0 Å². The van der Waals surface area contributed by atoms with Crippen LogP contribution in [-0.4, -0.2) is 36.2 Å². The van der Waals surface area contributed by atoms with E-state index in [0.717, 1.165) is 29.5 Å². The molecule has 1 aromatic carbocycles. The molecule has 5 rings (SSSR count). The van der Waals surface area contributed by atoms with E-state index in [1.807, 2.05) is 30.3 Å². The Balaban J connectivity index is 1.31. The van der Waals surface area contributed by atoms with E-state index in [2.05, 4.69) is 31.2 Å². The van der Waals surface area contributed by atoms with E-state index in [0.29, 0.717) is 23.3 Å². The number of aromatic nitrogens is 5. The molecule has 2 aliphatic carbocycles. The largest absolute Gasteiger partial charge is 0.309 e. The van der Waals surface area contributed by atoms with Gasteiger partial charge in [0.15, 0.2) is 11.0 Å². The van der Waals surface area contributed by atoms with Crippen molar-refractivity contribution in [2.75, 3.05) is 11.1 Å². The van der Waals surface area contributed by atoms with Crippen LogP contribution in [0, 0.1) is 11.3 Å². The number of carbonyl (C=O) groups is 1. The molecule has 8 nitrogen and oxygen atoms in total. The van der Waals surface area contributed by atoms with Crippen molar-refractivity contribution in [3.63, 3.8) is 0 Å². The van der Waals surface area contributed by atoms with Crippen LogP contribution in [0.15, 0.2) is 41.7 Å². The second-order valence-electron chi connectivity index (χ2n) is 7.32. The zero-order valence-electron chi connectivity index (χ0n) is 15.7. The number of para-hydroxylation sites is 1. The molecule has 1 amide bonds. The van der Waals surface area contributed by atoms with Crippen LogP contribution in [0.4, 0.5) is 5.82 Å². The van der Waals surface area contributed by atoms with Crippen molar-refractivity contribution in [1.82, 2.24) is 24.5 Å². The van der Waals surface area contributed by atoms with Crippen LogP contribution < -0.4 is 5.32 Å². The molecule has 2 aliphatic rings. The summed E-state index contributed by atoms with van der Waals surface area (Å²) in [6.07, 6.45) is 6.12. The number of hydrogen-bond donors (Lipinski definition) is 1. The first-order valence-electron chi connectivity index (χ1n) is 9.65. The molecule has 0 spiro atoms. The standard InChI is InChI=1S/C20H19N7OS/c21-10-14-11-22-27(16-4-2-1-3-5-16)18(14)23-17(28)12-29-20-25-24-19(13-6-7-13)26(20)15-8-9-15/h1-5,11,13,15H,6-9,12H2,(H,23,28). The zero-order valence-corrected chi connectivity index (χ0v) is 16.5. The first-order chi connectivity index (χ1) is 14.2. The Bertz CT molecular complexity index is 1090. The van der Waals surface area contributed by atoms with Crippen LogP contribution in [0.25, 0.3) is 5.69 Å². The van der Waals surface area contributed by atoms with Gasteiger partial charge in [-0.05, 0) is 37.8 Å². The molecular formula is C20H19N7OS. The van der Waals surface area contributed by atoms with Crippen molar-refractivity contribution in [2.24, 2.45) is 0 Å². The number of carbonyl (C=O) groups excluding carboxylic acids is 1. The normalized spacial score (nSPS) is 15.8. The average molecular weight is 405 g/mol. The Labute approximate surface area is 171 Å². The van der Waals surface area contributed by atoms with Gasteiger partial charge >= 0.3 is 0 Å². The summed E-state index contributed by atoms with van der Waals surface area (Å²) in [6, 6.07) is 12.0. The molecule has 1 N–H and O–H groups in total. The highest BCUT2D eigenvalue weighted by molar-refractivity contribution is 7.99. The second-order valence-corrected chi connectivity index (χ2v) is 8.26. The maximum atomic E-state index is 12.6. The average Bonchev–Trinajstić information content (AvgIpc) is 3.68. The summed E-state index contributed by atoms with van der Waals surface area (Å²) in [5, 5.41) is 26.0. The molecule has 0 unspecified atom stereocenters. The Morgan fingerprint density at radius 3 is 2.69 bits per heavy atom. The lowest BCUT2D eigenvalue weighted by Gasteiger charge is -2.10. The molecular weight excluding hydrogens is 386 g/mol. The number of benzene rings is 1. The number of nitriles is 1. The molecule has 0 bridgehead atoms. The summed E-state index contributed by atoms with van der Waals surface area (Å²) in [7, 11) is 0. The van der Waals surface area contributed by atoms with E-state index in [4.69, 9.17) is 0 Å². The van der Waals surface area contributed by atoms with Crippen LogP contribution in [0.3, 0.4) is 0 Å². The molecule has 0 radical (unpaired) electrons. The van der Waals surface area contributed by atoms with Gasteiger partial charge in [-0.15, -0.1) is 10.2 Å². The number of nitrogens with one attached hydrogen (secondary N) is 1. The van der Waals surface area contributed by atoms with Gasteiger partial charge in [-0.1, -0.05) is 30.0 Å². The lowest BCUT2D eigenvalue weighted by Crippen LogP contribution is -2.18. The molecule has 2 heterocycles. The molecule has 2 aromatic heterocycles. The Morgan fingerprint density at radius 1 is 1.21 bits per heavy atom. The molecule has 0 saturated heterocycles. The van der Waals surface area contributed by atoms with E-state index in [-0.39, 0.29) is 11.7 Å². The van der Waals surface area contributed by atoms with Crippen molar-refractivity contribution >= 4 is 23.5 Å². The van der Waals surface area contributed by atoms with Gasteiger partial charge in [0.2, 0.25) is 5.91 Å². The van der Waals surface area contributed by atoms with E-state index >= 15 is 0 Å². The first kappa shape index (κ1) is 17.9. The van der Waals surface area contributed by atoms with Crippen molar-refractivity contribution in [2.45, 2.75) is 42.8 Å². The van der Waals surface area contributed by atoms with E-state index < -0.39 is 0 Å². The highest BCUT2D eigenvalue weighted by atomic mass is 32.2. The number of thioether (sulfide) groups is 1.